The molecule has 5 nitrogen and oxygen atoms in total. The Morgan fingerprint density at radius 3 is 2.37 bits per heavy atom. The van der Waals surface area contributed by atoms with Crippen molar-refractivity contribution in [3.8, 4) is 5.75 Å². The van der Waals surface area contributed by atoms with Gasteiger partial charge in [0.15, 0.2) is 6.61 Å². The van der Waals surface area contributed by atoms with Gasteiger partial charge in [0.1, 0.15) is 17.6 Å². The number of carbonyl (C=O) groups is 2. The largest absolute Gasteiger partial charge is 0.484 e. The average molecular weight is 435 g/mol. The van der Waals surface area contributed by atoms with Gasteiger partial charge in [-0.25, -0.2) is 4.39 Å². The molecule has 30 heavy (non-hydrogen) atoms. The molecule has 0 saturated carbocycles. The van der Waals surface area contributed by atoms with Crippen LogP contribution >= 0.6 is 11.6 Å². The standard InChI is InChI=1S/C23H28ClFN2O3/c1-3-5-14-26-23(29)21(4-2)27(15-17-6-10-19(25)11-7-17)22(28)16-30-20-12-8-18(24)9-13-20/h6-13,21H,3-5,14-16H2,1-2H3,(H,26,29)/t21-/m1/s1. The molecule has 2 rings (SSSR count). The van der Waals surface area contributed by atoms with E-state index in [9.17, 15) is 14.0 Å². The number of hydrogen-bond donors (Lipinski definition) is 1. The fourth-order valence-electron chi connectivity index (χ4n) is 2.97. The third kappa shape index (κ3) is 7.34. The summed E-state index contributed by atoms with van der Waals surface area (Å²) in [5, 5.41) is 3.47. The van der Waals surface area contributed by atoms with Crippen LogP contribution in [0.2, 0.25) is 5.02 Å². The molecule has 162 valence electrons. The first-order valence-corrected chi connectivity index (χ1v) is 10.5. The molecule has 2 aromatic carbocycles. The summed E-state index contributed by atoms with van der Waals surface area (Å²) in [6.45, 7) is 4.42. The topological polar surface area (TPSA) is 58.6 Å². The highest BCUT2D eigenvalue weighted by Crippen LogP contribution is 2.17. The van der Waals surface area contributed by atoms with Gasteiger partial charge in [0.25, 0.3) is 5.91 Å². The van der Waals surface area contributed by atoms with E-state index in [0.717, 1.165) is 18.4 Å². The van der Waals surface area contributed by atoms with Crippen LogP contribution in [0, 0.1) is 5.82 Å². The van der Waals surface area contributed by atoms with Crippen LogP contribution in [0.15, 0.2) is 48.5 Å². The summed E-state index contributed by atoms with van der Waals surface area (Å²) in [4.78, 5) is 27.2. The van der Waals surface area contributed by atoms with Crippen molar-refractivity contribution in [2.75, 3.05) is 13.2 Å². The van der Waals surface area contributed by atoms with Gasteiger partial charge in [-0.2, -0.15) is 0 Å². The highest BCUT2D eigenvalue weighted by atomic mass is 35.5. The van der Waals surface area contributed by atoms with Crippen molar-refractivity contribution in [1.82, 2.24) is 10.2 Å². The molecule has 0 bridgehead atoms. The third-order valence-electron chi connectivity index (χ3n) is 4.66. The van der Waals surface area contributed by atoms with Crippen molar-refractivity contribution >= 4 is 23.4 Å². The summed E-state index contributed by atoms with van der Waals surface area (Å²) < 4.78 is 18.9. The van der Waals surface area contributed by atoms with Crippen molar-refractivity contribution in [2.45, 2.75) is 45.7 Å². The van der Waals surface area contributed by atoms with E-state index in [1.165, 1.54) is 17.0 Å². The lowest BCUT2D eigenvalue weighted by atomic mass is 10.1. The lowest BCUT2D eigenvalue weighted by molar-refractivity contribution is -0.143. The van der Waals surface area contributed by atoms with Crippen molar-refractivity contribution in [2.24, 2.45) is 0 Å². The molecule has 0 aromatic heterocycles. The molecule has 0 aliphatic rings. The Labute approximate surface area is 182 Å². The van der Waals surface area contributed by atoms with Gasteiger partial charge in [-0.05, 0) is 54.8 Å². The Hall–Kier alpha value is -2.60. The maximum absolute atomic E-state index is 13.3. The summed E-state index contributed by atoms with van der Waals surface area (Å²) >= 11 is 5.87. The highest BCUT2D eigenvalue weighted by Gasteiger charge is 2.28. The average Bonchev–Trinajstić information content (AvgIpc) is 2.74. The molecule has 7 heteroatoms. The van der Waals surface area contributed by atoms with Crippen molar-refractivity contribution in [1.29, 1.82) is 0 Å². The maximum Gasteiger partial charge on any atom is 0.261 e. The minimum Gasteiger partial charge on any atom is -0.484 e. The Balaban J connectivity index is 2.15. The minimum absolute atomic E-state index is 0.183. The predicted octanol–water partition coefficient (Wildman–Crippen LogP) is 4.58. The molecule has 0 radical (unpaired) electrons. The zero-order valence-electron chi connectivity index (χ0n) is 17.4. The van der Waals surface area contributed by atoms with Crippen LogP contribution in [-0.4, -0.2) is 35.9 Å². The molecule has 0 heterocycles. The van der Waals surface area contributed by atoms with E-state index < -0.39 is 6.04 Å². The SMILES string of the molecule is CCCCNC(=O)[C@@H](CC)N(Cc1ccc(F)cc1)C(=O)COc1ccc(Cl)cc1. The molecule has 0 fully saturated rings. The molecular formula is C23H28ClFN2O3. The Bertz CT molecular complexity index is 812. The zero-order valence-corrected chi connectivity index (χ0v) is 18.1. The number of ether oxygens (including phenoxy) is 1. The van der Waals surface area contributed by atoms with E-state index in [4.69, 9.17) is 16.3 Å². The lowest BCUT2D eigenvalue weighted by Crippen LogP contribution is -2.50. The molecule has 1 atom stereocenters. The molecule has 0 aliphatic carbocycles. The molecule has 0 spiro atoms. The fourth-order valence-corrected chi connectivity index (χ4v) is 3.10. The third-order valence-corrected chi connectivity index (χ3v) is 4.91. The number of halogens is 2. The van der Waals surface area contributed by atoms with Crippen LogP contribution in [0.25, 0.3) is 0 Å². The molecular weight excluding hydrogens is 407 g/mol. The molecule has 0 unspecified atom stereocenters. The Morgan fingerprint density at radius 1 is 1.10 bits per heavy atom. The number of unbranched alkanes of at least 4 members (excludes halogenated alkanes) is 1. The summed E-state index contributed by atoms with van der Waals surface area (Å²) in [7, 11) is 0. The molecule has 0 saturated heterocycles. The molecule has 2 aromatic rings. The number of hydrogen-bond acceptors (Lipinski definition) is 3. The van der Waals surface area contributed by atoms with E-state index in [1.54, 1.807) is 36.4 Å². The van der Waals surface area contributed by atoms with E-state index in [2.05, 4.69) is 5.32 Å². The van der Waals surface area contributed by atoms with Crippen LogP contribution in [0.1, 0.15) is 38.7 Å². The number of amides is 2. The van der Waals surface area contributed by atoms with Gasteiger partial charge in [0.05, 0.1) is 0 Å². The predicted molar refractivity (Wildman–Crippen MR) is 116 cm³/mol. The van der Waals surface area contributed by atoms with E-state index >= 15 is 0 Å². The van der Waals surface area contributed by atoms with Gasteiger partial charge in [-0.15, -0.1) is 0 Å². The van der Waals surface area contributed by atoms with Gasteiger partial charge in [-0.1, -0.05) is 44.0 Å². The monoisotopic (exact) mass is 434 g/mol. The fraction of sp³-hybridized carbons (Fsp3) is 0.391. The van der Waals surface area contributed by atoms with E-state index in [-0.39, 0.29) is 30.8 Å². The number of carbonyl (C=O) groups excluding carboxylic acids is 2. The lowest BCUT2D eigenvalue weighted by Gasteiger charge is -2.30. The Kier molecular flexibility index (Phi) is 9.61. The van der Waals surface area contributed by atoms with Crippen LogP contribution in [0.5, 0.6) is 5.75 Å². The number of nitrogens with one attached hydrogen (secondary N) is 1. The normalized spacial score (nSPS) is 11.6. The van der Waals surface area contributed by atoms with E-state index in [1.807, 2.05) is 13.8 Å². The zero-order chi connectivity index (χ0) is 21.9. The first-order valence-electron chi connectivity index (χ1n) is 10.1. The smallest absolute Gasteiger partial charge is 0.261 e. The van der Waals surface area contributed by atoms with Crippen LogP contribution in [0.4, 0.5) is 4.39 Å². The van der Waals surface area contributed by atoms with Crippen molar-refractivity contribution in [3.63, 3.8) is 0 Å². The first-order chi connectivity index (χ1) is 14.4. The Morgan fingerprint density at radius 2 is 1.77 bits per heavy atom. The van der Waals surface area contributed by atoms with Gasteiger partial charge in [0, 0.05) is 18.1 Å². The van der Waals surface area contributed by atoms with Crippen molar-refractivity contribution < 1.29 is 18.7 Å². The van der Waals surface area contributed by atoms with Gasteiger partial charge >= 0.3 is 0 Å². The number of rotatable bonds is 11. The number of benzene rings is 2. The van der Waals surface area contributed by atoms with E-state index in [0.29, 0.717) is 23.7 Å². The second-order valence-electron chi connectivity index (χ2n) is 6.96. The maximum atomic E-state index is 13.3. The molecule has 2 amide bonds. The summed E-state index contributed by atoms with van der Waals surface area (Å²) in [6, 6.07) is 11.9. The van der Waals surface area contributed by atoms with Crippen LogP contribution < -0.4 is 10.1 Å². The summed E-state index contributed by atoms with van der Waals surface area (Å²) in [5.74, 6) is -0.373. The number of nitrogens with zero attached hydrogens (tertiary/aromatic N) is 1. The molecule has 0 aliphatic heterocycles. The second-order valence-corrected chi connectivity index (χ2v) is 7.40. The van der Waals surface area contributed by atoms with Crippen molar-refractivity contribution in [3.05, 3.63) is 64.9 Å². The highest BCUT2D eigenvalue weighted by molar-refractivity contribution is 6.30. The summed E-state index contributed by atoms with van der Waals surface area (Å²) in [6.07, 6.45) is 2.28. The van der Waals surface area contributed by atoms with Crippen LogP contribution in [-0.2, 0) is 16.1 Å². The molecule has 1 N–H and O–H groups in total. The van der Waals surface area contributed by atoms with Crippen LogP contribution in [0.3, 0.4) is 0 Å². The quantitative estimate of drug-likeness (QED) is 0.526. The van der Waals surface area contributed by atoms with Gasteiger partial charge < -0.3 is 15.0 Å². The first kappa shape index (κ1) is 23.7. The second kappa shape index (κ2) is 12.2. The van der Waals surface area contributed by atoms with Gasteiger partial charge in [0.2, 0.25) is 5.91 Å². The summed E-state index contributed by atoms with van der Waals surface area (Å²) in [5.41, 5.74) is 0.732. The van der Waals surface area contributed by atoms with Gasteiger partial charge in [-0.3, -0.25) is 9.59 Å². The minimum atomic E-state index is -0.645.